The minimum atomic E-state index is -0.742. The molecule has 5 rings (SSSR count). The summed E-state index contributed by atoms with van der Waals surface area (Å²) in [6.45, 7) is 5.20. The standard InChI is InChI=1S/C26H29N3O4/c1-18-16-27(17-22(33-18)19-8-4-3-5-9-19)23(30)13-15-28-25(32)20-10-6-7-11-21(20)29-24(31)12-14-26(28,29)2/h3-11,18,22H,12-17H2,1-2H3. The van der Waals surface area contributed by atoms with Gasteiger partial charge in [0.25, 0.3) is 5.91 Å². The summed E-state index contributed by atoms with van der Waals surface area (Å²) in [4.78, 5) is 44.6. The second kappa shape index (κ2) is 8.30. The third-order valence-corrected chi connectivity index (χ3v) is 7.08. The number of ether oxygens (including phenoxy) is 1. The summed E-state index contributed by atoms with van der Waals surface area (Å²) in [5.41, 5.74) is 1.50. The third-order valence-electron chi connectivity index (χ3n) is 7.08. The fourth-order valence-corrected chi connectivity index (χ4v) is 5.41. The number of amides is 3. The van der Waals surface area contributed by atoms with Gasteiger partial charge in [0.1, 0.15) is 11.8 Å². The van der Waals surface area contributed by atoms with Crippen LogP contribution >= 0.6 is 0 Å². The van der Waals surface area contributed by atoms with E-state index in [9.17, 15) is 14.4 Å². The minimum Gasteiger partial charge on any atom is -0.367 e. The van der Waals surface area contributed by atoms with Crippen LogP contribution in [-0.4, -0.2) is 58.9 Å². The molecular formula is C26H29N3O4. The van der Waals surface area contributed by atoms with Crippen LogP contribution < -0.4 is 4.90 Å². The second-order valence-corrected chi connectivity index (χ2v) is 9.31. The molecule has 2 aromatic rings. The Bertz CT molecular complexity index is 1090. The molecule has 2 saturated heterocycles. The number of benzene rings is 2. The van der Waals surface area contributed by atoms with Gasteiger partial charge in [0.15, 0.2) is 0 Å². The van der Waals surface area contributed by atoms with Crippen molar-refractivity contribution in [1.29, 1.82) is 0 Å². The summed E-state index contributed by atoms with van der Waals surface area (Å²) in [5.74, 6) is -0.108. The molecule has 3 atom stereocenters. The first kappa shape index (κ1) is 21.6. The molecule has 0 aliphatic carbocycles. The van der Waals surface area contributed by atoms with Gasteiger partial charge in [-0.25, -0.2) is 0 Å². The zero-order valence-corrected chi connectivity index (χ0v) is 19.1. The van der Waals surface area contributed by atoms with Crippen molar-refractivity contribution in [3.63, 3.8) is 0 Å². The van der Waals surface area contributed by atoms with E-state index in [4.69, 9.17) is 4.74 Å². The maximum atomic E-state index is 13.4. The summed E-state index contributed by atoms with van der Waals surface area (Å²) in [6, 6.07) is 17.2. The highest BCUT2D eigenvalue weighted by Crippen LogP contribution is 2.44. The SMILES string of the molecule is CC1CN(C(=O)CCN2C(=O)c3ccccc3N3C(=O)CCC23C)CC(c2ccccc2)O1. The molecule has 3 unspecified atom stereocenters. The van der Waals surface area contributed by atoms with Crippen molar-refractivity contribution < 1.29 is 19.1 Å². The number of rotatable bonds is 4. The van der Waals surface area contributed by atoms with Crippen LogP contribution in [0.2, 0.25) is 0 Å². The lowest BCUT2D eigenvalue weighted by atomic mass is 9.98. The van der Waals surface area contributed by atoms with Gasteiger partial charge < -0.3 is 14.5 Å². The maximum Gasteiger partial charge on any atom is 0.257 e. The lowest BCUT2D eigenvalue weighted by Gasteiger charge is -2.48. The first-order valence-electron chi connectivity index (χ1n) is 11.6. The van der Waals surface area contributed by atoms with E-state index in [0.29, 0.717) is 37.2 Å². The Morgan fingerprint density at radius 1 is 1.06 bits per heavy atom. The van der Waals surface area contributed by atoms with Gasteiger partial charge in [-0.15, -0.1) is 0 Å². The van der Waals surface area contributed by atoms with Crippen molar-refractivity contribution in [2.45, 2.75) is 51.0 Å². The predicted molar refractivity (Wildman–Crippen MR) is 124 cm³/mol. The van der Waals surface area contributed by atoms with Crippen LogP contribution in [0.3, 0.4) is 0 Å². The molecule has 2 fully saturated rings. The molecule has 0 radical (unpaired) electrons. The van der Waals surface area contributed by atoms with Gasteiger partial charge >= 0.3 is 0 Å². The Morgan fingerprint density at radius 3 is 2.58 bits per heavy atom. The average Bonchev–Trinajstić information content (AvgIpc) is 3.14. The van der Waals surface area contributed by atoms with Gasteiger partial charge in [0.05, 0.1) is 23.9 Å². The van der Waals surface area contributed by atoms with Crippen molar-refractivity contribution in [1.82, 2.24) is 9.80 Å². The number of morpholine rings is 1. The normalized spacial score (nSPS) is 26.9. The highest BCUT2D eigenvalue weighted by Gasteiger charge is 2.52. The van der Waals surface area contributed by atoms with Crippen molar-refractivity contribution in [2.75, 3.05) is 24.5 Å². The van der Waals surface area contributed by atoms with E-state index in [1.54, 1.807) is 15.9 Å². The van der Waals surface area contributed by atoms with Crippen LogP contribution in [0.5, 0.6) is 0 Å². The maximum absolute atomic E-state index is 13.4. The van der Waals surface area contributed by atoms with Gasteiger partial charge in [-0.05, 0) is 38.0 Å². The molecule has 0 aromatic heterocycles. The van der Waals surface area contributed by atoms with Crippen molar-refractivity contribution in [3.8, 4) is 0 Å². The molecule has 3 heterocycles. The largest absolute Gasteiger partial charge is 0.367 e. The molecule has 2 aromatic carbocycles. The number of anilines is 1. The first-order valence-corrected chi connectivity index (χ1v) is 11.6. The zero-order valence-electron chi connectivity index (χ0n) is 19.1. The molecule has 0 spiro atoms. The van der Waals surface area contributed by atoms with Crippen LogP contribution in [0.4, 0.5) is 5.69 Å². The van der Waals surface area contributed by atoms with E-state index in [2.05, 4.69) is 0 Å². The topological polar surface area (TPSA) is 70.2 Å². The Morgan fingerprint density at radius 2 is 1.79 bits per heavy atom. The number of hydrogen-bond acceptors (Lipinski definition) is 4. The summed E-state index contributed by atoms with van der Waals surface area (Å²) in [6.07, 6.45) is 0.923. The lowest BCUT2D eigenvalue weighted by molar-refractivity contribution is -0.145. The summed E-state index contributed by atoms with van der Waals surface area (Å²) in [5, 5.41) is 0. The summed E-state index contributed by atoms with van der Waals surface area (Å²) < 4.78 is 6.09. The number of carbonyl (C=O) groups excluding carboxylic acids is 3. The molecule has 3 aliphatic rings. The Kier molecular flexibility index (Phi) is 5.44. The van der Waals surface area contributed by atoms with Crippen LogP contribution in [0.1, 0.15) is 55.1 Å². The van der Waals surface area contributed by atoms with Crippen LogP contribution in [0, 0.1) is 0 Å². The number of nitrogens with zero attached hydrogens (tertiary/aromatic N) is 3. The number of carbonyl (C=O) groups is 3. The lowest BCUT2D eigenvalue weighted by Crippen LogP contribution is -2.62. The predicted octanol–water partition coefficient (Wildman–Crippen LogP) is 3.36. The van der Waals surface area contributed by atoms with E-state index in [0.717, 1.165) is 5.56 Å². The van der Waals surface area contributed by atoms with Crippen molar-refractivity contribution in [3.05, 3.63) is 65.7 Å². The molecule has 172 valence electrons. The molecule has 33 heavy (non-hydrogen) atoms. The van der Waals surface area contributed by atoms with Crippen molar-refractivity contribution >= 4 is 23.4 Å². The molecule has 0 saturated carbocycles. The Labute approximate surface area is 193 Å². The first-order chi connectivity index (χ1) is 15.9. The van der Waals surface area contributed by atoms with Gasteiger partial charge in [0.2, 0.25) is 11.8 Å². The second-order valence-electron chi connectivity index (χ2n) is 9.31. The highest BCUT2D eigenvalue weighted by atomic mass is 16.5. The number of hydrogen-bond donors (Lipinski definition) is 0. The van der Waals surface area contributed by atoms with Gasteiger partial charge in [-0.3, -0.25) is 19.3 Å². The van der Waals surface area contributed by atoms with Gasteiger partial charge in [-0.1, -0.05) is 42.5 Å². The third kappa shape index (κ3) is 3.70. The quantitative estimate of drug-likeness (QED) is 0.721. The van der Waals surface area contributed by atoms with Gasteiger partial charge in [-0.2, -0.15) is 0 Å². The Hall–Kier alpha value is -3.19. The highest BCUT2D eigenvalue weighted by molar-refractivity contribution is 6.10. The van der Waals surface area contributed by atoms with E-state index >= 15 is 0 Å². The molecule has 7 nitrogen and oxygen atoms in total. The van der Waals surface area contributed by atoms with E-state index in [-0.39, 0.29) is 42.9 Å². The zero-order chi connectivity index (χ0) is 23.2. The van der Waals surface area contributed by atoms with E-state index in [1.165, 1.54) is 0 Å². The fraction of sp³-hybridized carbons (Fsp3) is 0.423. The van der Waals surface area contributed by atoms with Crippen LogP contribution in [0.25, 0.3) is 0 Å². The van der Waals surface area contributed by atoms with E-state index in [1.807, 2.05) is 67.3 Å². The molecule has 0 bridgehead atoms. The molecule has 3 amide bonds. The molecular weight excluding hydrogens is 418 g/mol. The number of para-hydroxylation sites is 1. The molecule has 3 aliphatic heterocycles. The number of fused-ring (bicyclic) bond motifs is 3. The average molecular weight is 448 g/mol. The smallest absolute Gasteiger partial charge is 0.257 e. The summed E-state index contributed by atoms with van der Waals surface area (Å²) in [7, 11) is 0. The monoisotopic (exact) mass is 447 g/mol. The summed E-state index contributed by atoms with van der Waals surface area (Å²) >= 11 is 0. The molecule has 7 heteroatoms. The minimum absolute atomic E-state index is 0.00258. The van der Waals surface area contributed by atoms with Crippen LogP contribution in [0.15, 0.2) is 54.6 Å². The van der Waals surface area contributed by atoms with Crippen molar-refractivity contribution in [2.24, 2.45) is 0 Å². The van der Waals surface area contributed by atoms with Gasteiger partial charge in [0, 0.05) is 25.9 Å². The Balaban J connectivity index is 1.33. The fourth-order valence-electron chi connectivity index (χ4n) is 5.41. The molecule has 0 N–H and O–H groups in total. The van der Waals surface area contributed by atoms with Crippen LogP contribution in [-0.2, 0) is 14.3 Å². The van der Waals surface area contributed by atoms with E-state index < -0.39 is 5.66 Å².